The van der Waals surface area contributed by atoms with Crippen LogP contribution in [-0.4, -0.2) is 25.9 Å². The first-order chi connectivity index (χ1) is 10.8. The second-order valence-corrected chi connectivity index (χ2v) is 7.78. The lowest BCUT2D eigenvalue weighted by atomic mass is 9.84. The molecule has 23 heavy (non-hydrogen) atoms. The molecular formula is C15H23N3O4S. The van der Waals surface area contributed by atoms with Crippen LogP contribution in [0.25, 0.3) is 0 Å². The summed E-state index contributed by atoms with van der Waals surface area (Å²) in [6, 6.07) is 3.61. The van der Waals surface area contributed by atoms with Crippen molar-refractivity contribution in [1.82, 2.24) is 4.72 Å². The van der Waals surface area contributed by atoms with E-state index in [4.69, 9.17) is 5.73 Å². The third kappa shape index (κ3) is 4.27. The summed E-state index contributed by atoms with van der Waals surface area (Å²) in [7, 11) is -3.83. The first-order valence-electron chi connectivity index (χ1n) is 7.82. The molecule has 0 spiro atoms. The van der Waals surface area contributed by atoms with Crippen LogP contribution in [0.1, 0.15) is 37.7 Å². The topological polar surface area (TPSA) is 115 Å². The summed E-state index contributed by atoms with van der Waals surface area (Å²) < 4.78 is 27.7. The monoisotopic (exact) mass is 341 g/mol. The molecule has 0 bridgehead atoms. The summed E-state index contributed by atoms with van der Waals surface area (Å²) in [6.07, 6.45) is 5.25. The Balaban J connectivity index is 2.23. The van der Waals surface area contributed by atoms with Crippen molar-refractivity contribution in [3.63, 3.8) is 0 Å². The van der Waals surface area contributed by atoms with Gasteiger partial charge in [-0.1, -0.05) is 25.3 Å². The van der Waals surface area contributed by atoms with E-state index in [0.717, 1.165) is 31.7 Å². The molecule has 0 aromatic heterocycles. The van der Waals surface area contributed by atoms with Gasteiger partial charge in [0, 0.05) is 24.2 Å². The number of nitro groups is 1. The Labute approximate surface area is 136 Å². The first-order valence-corrected chi connectivity index (χ1v) is 9.31. The smallest absolute Gasteiger partial charge is 0.273 e. The van der Waals surface area contributed by atoms with Crippen LogP contribution in [0.5, 0.6) is 0 Å². The van der Waals surface area contributed by atoms with E-state index >= 15 is 0 Å². The molecule has 0 saturated heterocycles. The highest BCUT2D eigenvalue weighted by atomic mass is 32.2. The van der Waals surface area contributed by atoms with Crippen molar-refractivity contribution in [3.05, 3.63) is 33.9 Å². The predicted octanol–water partition coefficient (Wildman–Crippen LogP) is 2.09. The third-order valence-electron chi connectivity index (χ3n) is 4.47. The van der Waals surface area contributed by atoms with Crippen LogP contribution in [0.3, 0.4) is 0 Å². The summed E-state index contributed by atoms with van der Waals surface area (Å²) in [5, 5.41) is 11.0. The van der Waals surface area contributed by atoms with E-state index < -0.39 is 14.9 Å². The molecule has 0 amide bonds. The van der Waals surface area contributed by atoms with Crippen LogP contribution in [0, 0.1) is 23.0 Å². The summed E-state index contributed by atoms with van der Waals surface area (Å²) >= 11 is 0. The lowest BCUT2D eigenvalue weighted by Gasteiger charge is -2.29. The van der Waals surface area contributed by atoms with E-state index in [1.165, 1.54) is 18.6 Å². The minimum Gasteiger partial charge on any atom is -0.329 e. The Kier molecular flexibility index (Phi) is 5.72. The van der Waals surface area contributed by atoms with Crippen molar-refractivity contribution in [3.8, 4) is 0 Å². The second-order valence-electron chi connectivity index (χ2n) is 6.07. The molecule has 1 fully saturated rings. The molecular weight excluding hydrogens is 318 g/mol. The number of aryl methyl sites for hydroxylation is 1. The molecule has 1 atom stereocenters. The van der Waals surface area contributed by atoms with E-state index in [-0.39, 0.29) is 29.1 Å². The largest absolute Gasteiger partial charge is 0.329 e. The fourth-order valence-corrected chi connectivity index (χ4v) is 4.43. The second kappa shape index (κ2) is 7.37. The number of nitrogens with zero attached hydrogens (tertiary/aromatic N) is 1. The van der Waals surface area contributed by atoms with Crippen LogP contribution in [0.4, 0.5) is 5.69 Å². The molecule has 1 aromatic rings. The zero-order valence-corrected chi connectivity index (χ0v) is 14.0. The Morgan fingerprint density at radius 1 is 1.35 bits per heavy atom. The number of benzene rings is 1. The van der Waals surface area contributed by atoms with Crippen LogP contribution in [0.2, 0.25) is 0 Å². The van der Waals surface area contributed by atoms with Crippen LogP contribution in [0.15, 0.2) is 23.1 Å². The fourth-order valence-electron chi connectivity index (χ4n) is 3.09. The van der Waals surface area contributed by atoms with E-state index in [9.17, 15) is 18.5 Å². The first kappa shape index (κ1) is 17.8. The van der Waals surface area contributed by atoms with Crippen molar-refractivity contribution in [1.29, 1.82) is 0 Å². The lowest BCUT2D eigenvalue weighted by Crippen LogP contribution is -2.45. The number of nitrogens with one attached hydrogen (secondary N) is 1. The SMILES string of the molecule is Cc1ccc(S(=O)(=O)NC(CN)C2CCCCC2)cc1[N+](=O)[O-]. The average Bonchev–Trinajstić information content (AvgIpc) is 2.53. The summed E-state index contributed by atoms with van der Waals surface area (Å²) in [5.41, 5.74) is 5.98. The number of sulfonamides is 1. The van der Waals surface area contributed by atoms with Gasteiger partial charge in [-0.2, -0.15) is 0 Å². The molecule has 2 rings (SSSR count). The maximum Gasteiger partial charge on any atom is 0.273 e. The normalized spacial score (nSPS) is 17.8. The summed E-state index contributed by atoms with van der Waals surface area (Å²) in [4.78, 5) is 10.3. The lowest BCUT2D eigenvalue weighted by molar-refractivity contribution is -0.385. The van der Waals surface area contributed by atoms with Crippen molar-refractivity contribution in [2.75, 3.05) is 6.54 Å². The number of nitro benzene ring substituents is 1. The number of rotatable bonds is 6. The van der Waals surface area contributed by atoms with E-state index in [0.29, 0.717) is 5.56 Å². The quantitative estimate of drug-likeness (QED) is 0.607. The van der Waals surface area contributed by atoms with Crippen molar-refractivity contribution in [2.24, 2.45) is 11.7 Å². The molecule has 1 aliphatic rings. The zero-order chi connectivity index (χ0) is 17.0. The molecule has 1 saturated carbocycles. The maximum absolute atomic E-state index is 12.5. The minimum atomic E-state index is -3.83. The molecule has 128 valence electrons. The fraction of sp³-hybridized carbons (Fsp3) is 0.600. The Morgan fingerprint density at radius 2 is 2.00 bits per heavy atom. The van der Waals surface area contributed by atoms with Crippen LogP contribution in [-0.2, 0) is 10.0 Å². The Bertz CT molecular complexity index is 669. The molecule has 0 aliphatic heterocycles. The van der Waals surface area contributed by atoms with Gasteiger partial charge in [0.2, 0.25) is 10.0 Å². The van der Waals surface area contributed by atoms with Gasteiger partial charge < -0.3 is 5.73 Å². The third-order valence-corrected chi connectivity index (χ3v) is 5.95. The van der Waals surface area contributed by atoms with Gasteiger partial charge in [-0.05, 0) is 31.7 Å². The van der Waals surface area contributed by atoms with Gasteiger partial charge in [-0.3, -0.25) is 10.1 Å². The molecule has 0 heterocycles. The van der Waals surface area contributed by atoms with Gasteiger partial charge in [-0.15, -0.1) is 0 Å². The van der Waals surface area contributed by atoms with Gasteiger partial charge >= 0.3 is 0 Å². The van der Waals surface area contributed by atoms with Crippen molar-refractivity contribution in [2.45, 2.75) is 50.0 Å². The van der Waals surface area contributed by atoms with Gasteiger partial charge in [0.25, 0.3) is 5.69 Å². The van der Waals surface area contributed by atoms with Gasteiger partial charge in [0.05, 0.1) is 9.82 Å². The van der Waals surface area contributed by atoms with Gasteiger partial charge in [0.1, 0.15) is 0 Å². The van der Waals surface area contributed by atoms with Crippen LogP contribution >= 0.6 is 0 Å². The van der Waals surface area contributed by atoms with Crippen molar-refractivity contribution < 1.29 is 13.3 Å². The molecule has 1 aromatic carbocycles. The summed E-state index contributed by atoms with van der Waals surface area (Å²) in [5.74, 6) is 0.226. The zero-order valence-electron chi connectivity index (χ0n) is 13.2. The van der Waals surface area contributed by atoms with Crippen molar-refractivity contribution >= 4 is 15.7 Å². The summed E-state index contributed by atoms with van der Waals surface area (Å²) in [6.45, 7) is 1.80. The molecule has 8 heteroatoms. The molecule has 0 radical (unpaired) electrons. The van der Waals surface area contributed by atoms with Crippen LogP contribution < -0.4 is 10.5 Å². The Morgan fingerprint density at radius 3 is 2.57 bits per heavy atom. The highest BCUT2D eigenvalue weighted by Crippen LogP contribution is 2.28. The standard InChI is InChI=1S/C15H23N3O4S/c1-11-7-8-13(9-15(11)18(19)20)23(21,22)17-14(10-16)12-5-3-2-4-6-12/h7-9,12,14,17H,2-6,10,16H2,1H3. The van der Waals surface area contributed by atoms with Gasteiger partial charge in [0.15, 0.2) is 0 Å². The molecule has 1 aliphatic carbocycles. The maximum atomic E-state index is 12.5. The highest BCUT2D eigenvalue weighted by molar-refractivity contribution is 7.89. The average molecular weight is 341 g/mol. The predicted molar refractivity (Wildman–Crippen MR) is 87.6 cm³/mol. The molecule has 1 unspecified atom stereocenters. The number of nitrogens with two attached hydrogens (primary N) is 1. The minimum absolute atomic E-state index is 0.0935. The Hall–Kier alpha value is -1.51. The van der Waals surface area contributed by atoms with E-state index in [1.54, 1.807) is 6.92 Å². The van der Waals surface area contributed by atoms with E-state index in [1.807, 2.05) is 0 Å². The molecule has 7 nitrogen and oxygen atoms in total. The number of hydrogen-bond donors (Lipinski definition) is 2. The molecule has 3 N–H and O–H groups in total. The number of hydrogen-bond acceptors (Lipinski definition) is 5. The highest BCUT2D eigenvalue weighted by Gasteiger charge is 2.28. The van der Waals surface area contributed by atoms with Gasteiger partial charge in [-0.25, -0.2) is 13.1 Å². The van der Waals surface area contributed by atoms with E-state index in [2.05, 4.69) is 4.72 Å².